The first kappa shape index (κ1) is 26.5. The Kier molecular flexibility index (Phi) is 8.43. The summed E-state index contributed by atoms with van der Waals surface area (Å²) < 4.78 is 165. The van der Waals surface area contributed by atoms with Crippen molar-refractivity contribution in [2.45, 2.75) is 50.3 Å². The van der Waals surface area contributed by atoms with E-state index in [0.29, 0.717) is 16.7 Å². The molecule has 6 nitrogen and oxygen atoms in total. The minimum absolute atomic E-state index is 0.0167. The van der Waals surface area contributed by atoms with Crippen molar-refractivity contribution in [2.75, 3.05) is 44.7 Å². The molecular formula is C41H42F5N3O3S. The fraction of sp³-hybridized carbons (Fsp3) is 0.341. The van der Waals surface area contributed by atoms with Crippen LogP contribution in [0.15, 0.2) is 95.9 Å². The molecule has 1 atom stereocenters. The number of rotatable bonds is 12. The van der Waals surface area contributed by atoms with Crippen molar-refractivity contribution in [3.63, 3.8) is 0 Å². The van der Waals surface area contributed by atoms with Gasteiger partial charge in [-0.25, -0.2) is 8.78 Å². The number of hydrogen-bond acceptors (Lipinski definition) is 6. The molecule has 2 aliphatic heterocycles. The second kappa shape index (κ2) is 16.8. The molecule has 0 aromatic heterocycles. The number of ether oxygens (including phenoxy) is 1. The van der Waals surface area contributed by atoms with Crippen molar-refractivity contribution in [3.8, 4) is 11.1 Å². The van der Waals surface area contributed by atoms with Crippen molar-refractivity contribution >= 4 is 23.4 Å². The van der Waals surface area contributed by atoms with Gasteiger partial charge in [0.15, 0.2) is 11.6 Å². The molecule has 1 fully saturated rings. The number of benzene rings is 4. The molecule has 2 heterocycles. The highest BCUT2D eigenvalue weighted by Gasteiger charge is 2.33. The number of piperidine rings is 1. The van der Waals surface area contributed by atoms with E-state index in [-0.39, 0.29) is 61.1 Å². The molecule has 0 radical (unpaired) electrons. The Labute approximate surface area is 326 Å². The normalized spacial score (nSPS) is 20.7. The largest absolute Gasteiger partial charge is 0.416 e. The number of methoxy groups -OCH3 is 1. The van der Waals surface area contributed by atoms with Gasteiger partial charge in [-0.1, -0.05) is 66.2 Å². The van der Waals surface area contributed by atoms with Crippen LogP contribution in [-0.4, -0.2) is 66.6 Å². The van der Waals surface area contributed by atoms with Crippen LogP contribution in [0.4, 0.5) is 27.6 Å². The van der Waals surface area contributed by atoms with Crippen LogP contribution in [0.2, 0.25) is 0 Å². The molecule has 0 bridgehead atoms. The summed E-state index contributed by atoms with van der Waals surface area (Å²) >= 11 is 0.163. The molecule has 1 amide bonds. The SMILES string of the molecule is [2H]C1=C(SC([2H])([2H])c2cccc(F)c2F)N(CC(=O)N(Cc2ccc(-c3ccc(C(F)(F)F)cc3)cc2)C2CCN(CC([2H])([2H])OC([2H])([2H])[2H])CC2)c2c([2H])c([2H])c(C)c([2H])c2C1O. The van der Waals surface area contributed by atoms with Crippen LogP contribution < -0.4 is 4.90 Å². The lowest BCUT2D eigenvalue weighted by molar-refractivity contribution is -0.137. The number of halogens is 5. The Morgan fingerprint density at radius 2 is 1.75 bits per heavy atom. The van der Waals surface area contributed by atoms with E-state index >= 15 is 4.39 Å². The number of aliphatic hydroxyl groups excluding tert-OH is 1. The molecule has 12 heteroatoms. The summed E-state index contributed by atoms with van der Waals surface area (Å²) in [6.07, 6.45) is -6.05. The lowest BCUT2D eigenvalue weighted by atomic mass is 9.99. The summed E-state index contributed by atoms with van der Waals surface area (Å²) in [4.78, 5) is 19.0. The number of carbonyl (C=O) groups excluding carboxylic acids is 1. The first-order valence-electron chi connectivity index (χ1n) is 22.1. The van der Waals surface area contributed by atoms with E-state index < -0.39 is 109 Å². The third-order valence-electron chi connectivity index (χ3n) is 9.03. The molecule has 2 aliphatic rings. The monoisotopic (exact) mass is 762 g/mol. The second-order valence-electron chi connectivity index (χ2n) is 12.6. The standard InChI is InChI=1S/C41H42F5N3O3S/c1-27-6-15-36-34(22-27)37(50)23-39(53-26-31-4-3-5-35(42)40(31)43)49(36)25-38(51)48(33-16-18-47(19-17-33)20-21-52-2)24-28-7-9-29(10-8-28)30-11-13-32(14-12-30)41(44,45)46/h3-15,22-23,33,37,50H,16-21,24-26H2,1-2H3/i2D3,6D,15D,21D2,22D,23D,26D2. The number of fused-ring (bicyclic) bond motifs is 1. The Bertz CT molecular complexity index is 2420. The number of likely N-dealkylation sites (tertiary alicyclic amines) is 1. The van der Waals surface area contributed by atoms with Crippen molar-refractivity contribution in [2.24, 2.45) is 0 Å². The van der Waals surface area contributed by atoms with Crippen LogP contribution in [0.25, 0.3) is 11.1 Å². The topological polar surface area (TPSA) is 56.3 Å². The zero-order valence-electron chi connectivity index (χ0n) is 39.4. The van der Waals surface area contributed by atoms with Crippen LogP contribution in [0.3, 0.4) is 0 Å². The molecule has 4 aromatic rings. The Morgan fingerprint density at radius 1 is 1.06 bits per heavy atom. The molecule has 0 aliphatic carbocycles. The number of carbonyl (C=O) groups is 1. The summed E-state index contributed by atoms with van der Waals surface area (Å²) in [7, 11) is -3.01. The second-order valence-corrected chi connectivity index (χ2v) is 13.3. The molecular weight excluding hydrogens is 710 g/mol. The average Bonchev–Trinajstić information content (AvgIpc) is 3.21. The minimum Gasteiger partial charge on any atom is -0.384 e. The van der Waals surface area contributed by atoms with Gasteiger partial charge in [-0.2, -0.15) is 13.2 Å². The van der Waals surface area contributed by atoms with Crippen LogP contribution in [0.1, 0.15) is 61.8 Å². The number of aliphatic hydroxyl groups is 1. The Hall–Kier alpha value is -4.23. The van der Waals surface area contributed by atoms with Crippen molar-refractivity contribution < 1.29 is 51.7 Å². The highest BCUT2D eigenvalue weighted by atomic mass is 32.2. The van der Waals surface area contributed by atoms with E-state index in [4.69, 9.17) is 15.1 Å². The van der Waals surface area contributed by atoms with Gasteiger partial charge in [0.2, 0.25) is 5.91 Å². The molecule has 4 aromatic carbocycles. The van der Waals surface area contributed by atoms with Crippen molar-refractivity contribution in [3.05, 3.63) is 135 Å². The number of hydrogen-bond donors (Lipinski definition) is 1. The van der Waals surface area contributed by atoms with E-state index in [1.54, 1.807) is 29.2 Å². The Morgan fingerprint density at radius 3 is 2.43 bits per heavy atom. The van der Waals surface area contributed by atoms with E-state index in [0.717, 1.165) is 35.2 Å². The van der Waals surface area contributed by atoms with Crippen LogP contribution in [-0.2, 0) is 28.0 Å². The molecule has 1 saturated heterocycles. The molecule has 6 rings (SSSR count). The molecule has 0 spiro atoms. The van der Waals surface area contributed by atoms with Crippen LogP contribution in [0.5, 0.6) is 0 Å². The summed E-state index contributed by atoms with van der Waals surface area (Å²) in [5.41, 5.74) is -3.51. The maximum Gasteiger partial charge on any atom is 0.416 e. The zero-order valence-corrected chi connectivity index (χ0v) is 29.2. The minimum atomic E-state index is -4.53. The number of alkyl halides is 3. The summed E-state index contributed by atoms with van der Waals surface area (Å²) in [5.74, 6) is -3.58. The van der Waals surface area contributed by atoms with Gasteiger partial charge >= 0.3 is 6.18 Å². The van der Waals surface area contributed by atoms with Gasteiger partial charge in [0, 0.05) is 64.5 Å². The number of nitrogens with zero attached hydrogens (tertiary/aromatic N) is 3. The number of anilines is 1. The summed E-state index contributed by atoms with van der Waals surface area (Å²) in [6.45, 7) is -2.14. The first-order valence-corrected chi connectivity index (χ1v) is 17.4. The predicted molar refractivity (Wildman–Crippen MR) is 198 cm³/mol. The zero-order chi connectivity index (χ0) is 47.3. The number of thioether (sulfide) groups is 1. The van der Waals surface area contributed by atoms with E-state index in [2.05, 4.69) is 4.74 Å². The molecule has 1 N–H and O–H groups in total. The highest BCUT2D eigenvalue weighted by molar-refractivity contribution is 8.02. The van der Waals surface area contributed by atoms with Crippen molar-refractivity contribution in [1.29, 1.82) is 0 Å². The van der Waals surface area contributed by atoms with Gasteiger partial charge in [-0.05, 0) is 66.7 Å². The average molecular weight is 763 g/mol. The van der Waals surface area contributed by atoms with Gasteiger partial charge < -0.3 is 24.5 Å². The summed E-state index contributed by atoms with van der Waals surface area (Å²) in [5, 5.41) is 11.0. The maximum absolute atomic E-state index is 15.1. The van der Waals surface area contributed by atoms with Crippen molar-refractivity contribution in [1.82, 2.24) is 9.80 Å². The molecule has 280 valence electrons. The third kappa shape index (κ3) is 9.29. The van der Waals surface area contributed by atoms with Gasteiger partial charge in [0.25, 0.3) is 0 Å². The fourth-order valence-corrected chi connectivity index (χ4v) is 7.02. The smallest absolute Gasteiger partial charge is 0.384 e. The summed E-state index contributed by atoms with van der Waals surface area (Å²) in [6, 6.07) is 11.3. The van der Waals surface area contributed by atoms with Gasteiger partial charge in [-0.3, -0.25) is 4.79 Å². The Balaban J connectivity index is 1.37. The highest BCUT2D eigenvalue weighted by Crippen LogP contribution is 2.41. The van der Waals surface area contributed by atoms with Crippen LogP contribution >= 0.6 is 11.8 Å². The van der Waals surface area contributed by atoms with Gasteiger partial charge in [0.1, 0.15) is 12.6 Å². The fourth-order valence-electron chi connectivity index (χ4n) is 6.22. The maximum atomic E-state index is 15.1. The van der Waals surface area contributed by atoms with Gasteiger partial charge in [0.05, 0.1) is 29.5 Å². The van der Waals surface area contributed by atoms with Crippen LogP contribution in [0, 0.1) is 18.6 Å². The molecule has 53 heavy (non-hydrogen) atoms. The molecule has 1 unspecified atom stereocenters. The lowest BCUT2D eigenvalue weighted by Crippen LogP contribution is -2.50. The first-order chi connectivity index (χ1) is 29.7. The van der Waals surface area contributed by atoms with E-state index in [9.17, 15) is 27.5 Å². The van der Waals surface area contributed by atoms with E-state index in [1.165, 1.54) is 24.0 Å². The quantitative estimate of drug-likeness (QED) is 0.146. The predicted octanol–water partition coefficient (Wildman–Crippen LogP) is 8.73. The van der Waals surface area contributed by atoms with E-state index in [1.807, 2.05) is 0 Å². The third-order valence-corrected chi connectivity index (χ3v) is 9.88. The molecule has 0 saturated carbocycles. The lowest BCUT2D eigenvalue weighted by Gasteiger charge is -2.40. The number of amides is 1. The van der Waals surface area contributed by atoms with Gasteiger partial charge in [-0.15, -0.1) is 11.8 Å².